The third kappa shape index (κ3) is 1.63. The Hall–Kier alpha value is -1.37. The number of hydrogen-bond acceptors (Lipinski definition) is 1. The maximum atomic E-state index is 4.48. The van der Waals surface area contributed by atoms with Crippen molar-refractivity contribution in [1.29, 1.82) is 0 Å². The lowest BCUT2D eigenvalue weighted by Gasteiger charge is -2.13. The molecule has 0 bridgehead atoms. The molecule has 0 N–H and O–H groups in total. The number of pyridine rings is 1. The van der Waals surface area contributed by atoms with E-state index < -0.39 is 0 Å². The van der Waals surface area contributed by atoms with Crippen molar-refractivity contribution in [2.75, 3.05) is 0 Å². The minimum Gasteiger partial charge on any atom is -0.260 e. The molecule has 0 atom stereocenters. The number of aromatic nitrogens is 1. The minimum atomic E-state index is 0.548. The molecule has 1 aliphatic carbocycles. The van der Waals surface area contributed by atoms with E-state index in [1.165, 1.54) is 11.1 Å². The van der Waals surface area contributed by atoms with Crippen LogP contribution in [0.4, 0.5) is 0 Å². The third-order valence-electron chi connectivity index (χ3n) is 2.58. The SMILES string of the molecule is C=C1C=Cc2cc(C(C)C)cnc2C1. The summed E-state index contributed by atoms with van der Waals surface area (Å²) in [5, 5.41) is 0. The van der Waals surface area contributed by atoms with Crippen molar-refractivity contribution in [3.8, 4) is 0 Å². The van der Waals surface area contributed by atoms with Crippen LogP contribution in [-0.2, 0) is 6.42 Å². The van der Waals surface area contributed by atoms with Crippen molar-refractivity contribution in [2.45, 2.75) is 26.2 Å². The molecule has 0 radical (unpaired) electrons. The molecule has 0 amide bonds. The quantitative estimate of drug-likeness (QED) is 0.654. The molecule has 0 saturated heterocycles. The molecule has 0 aromatic carbocycles. The van der Waals surface area contributed by atoms with Crippen molar-refractivity contribution in [3.05, 3.63) is 47.3 Å². The zero-order valence-electron chi connectivity index (χ0n) is 8.75. The van der Waals surface area contributed by atoms with E-state index in [1.807, 2.05) is 6.20 Å². The first-order valence-corrected chi connectivity index (χ1v) is 5.01. The van der Waals surface area contributed by atoms with Gasteiger partial charge in [-0.05, 0) is 28.7 Å². The van der Waals surface area contributed by atoms with E-state index in [4.69, 9.17) is 0 Å². The van der Waals surface area contributed by atoms with Gasteiger partial charge in [0.2, 0.25) is 0 Å². The van der Waals surface area contributed by atoms with Gasteiger partial charge in [-0.2, -0.15) is 0 Å². The van der Waals surface area contributed by atoms with Crippen LogP contribution in [0.25, 0.3) is 6.08 Å². The van der Waals surface area contributed by atoms with Gasteiger partial charge < -0.3 is 0 Å². The fourth-order valence-corrected chi connectivity index (χ4v) is 1.62. The molecule has 1 aromatic heterocycles. The largest absolute Gasteiger partial charge is 0.260 e. The highest BCUT2D eigenvalue weighted by Gasteiger charge is 2.09. The summed E-state index contributed by atoms with van der Waals surface area (Å²) in [4.78, 5) is 4.48. The first-order chi connectivity index (χ1) is 6.66. The van der Waals surface area contributed by atoms with Crippen molar-refractivity contribution >= 4 is 6.08 Å². The summed E-state index contributed by atoms with van der Waals surface area (Å²) >= 11 is 0. The van der Waals surface area contributed by atoms with Crippen LogP contribution in [0.15, 0.2) is 30.5 Å². The molecule has 0 aliphatic heterocycles. The molecule has 1 heteroatoms. The second-order valence-electron chi connectivity index (χ2n) is 4.13. The molecule has 2 rings (SSSR count). The zero-order valence-corrected chi connectivity index (χ0v) is 8.75. The Morgan fingerprint density at radius 2 is 2.14 bits per heavy atom. The first kappa shape index (κ1) is 9.20. The predicted molar refractivity (Wildman–Crippen MR) is 60.2 cm³/mol. The summed E-state index contributed by atoms with van der Waals surface area (Å²) in [6, 6.07) is 2.23. The van der Waals surface area contributed by atoms with Gasteiger partial charge in [0.25, 0.3) is 0 Å². The summed E-state index contributed by atoms with van der Waals surface area (Å²) < 4.78 is 0. The highest BCUT2D eigenvalue weighted by Crippen LogP contribution is 2.23. The van der Waals surface area contributed by atoms with Crippen LogP contribution in [0.1, 0.15) is 36.6 Å². The van der Waals surface area contributed by atoms with Crippen LogP contribution < -0.4 is 0 Å². The van der Waals surface area contributed by atoms with E-state index in [0.717, 1.165) is 17.7 Å². The molecule has 1 aromatic rings. The lowest BCUT2D eigenvalue weighted by atomic mass is 9.96. The molecule has 0 saturated carbocycles. The molecule has 1 aliphatic rings. The summed E-state index contributed by atoms with van der Waals surface area (Å²) in [5.41, 5.74) is 4.86. The van der Waals surface area contributed by atoms with Gasteiger partial charge in [-0.25, -0.2) is 0 Å². The average molecular weight is 185 g/mol. The van der Waals surface area contributed by atoms with Gasteiger partial charge in [-0.3, -0.25) is 4.98 Å². The first-order valence-electron chi connectivity index (χ1n) is 5.01. The molecule has 1 heterocycles. The van der Waals surface area contributed by atoms with Gasteiger partial charge in [0.1, 0.15) is 0 Å². The molecule has 1 nitrogen and oxygen atoms in total. The van der Waals surface area contributed by atoms with Gasteiger partial charge in [0.05, 0.1) is 5.69 Å². The van der Waals surface area contributed by atoms with E-state index in [2.05, 4.69) is 43.6 Å². The second kappa shape index (κ2) is 3.41. The van der Waals surface area contributed by atoms with E-state index in [9.17, 15) is 0 Å². The Bertz CT molecular complexity index is 400. The van der Waals surface area contributed by atoms with Crippen molar-refractivity contribution < 1.29 is 0 Å². The number of nitrogens with zero attached hydrogens (tertiary/aromatic N) is 1. The van der Waals surface area contributed by atoms with Gasteiger partial charge in [-0.1, -0.05) is 32.6 Å². The van der Waals surface area contributed by atoms with E-state index in [1.54, 1.807) is 0 Å². The lowest BCUT2D eigenvalue weighted by Crippen LogP contribution is -2.01. The second-order valence-corrected chi connectivity index (χ2v) is 4.13. The number of allylic oxidation sites excluding steroid dienone is 2. The normalized spacial score (nSPS) is 14.6. The molecule has 0 fully saturated rings. The van der Waals surface area contributed by atoms with Crippen LogP contribution in [0.5, 0.6) is 0 Å². The standard InChI is InChI=1S/C13H15N/c1-9(2)12-7-11-5-4-10(3)6-13(11)14-8-12/h4-5,7-9H,3,6H2,1-2H3. The maximum absolute atomic E-state index is 4.48. The van der Waals surface area contributed by atoms with E-state index >= 15 is 0 Å². The topological polar surface area (TPSA) is 12.9 Å². The minimum absolute atomic E-state index is 0.548. The highest BCUT2D eigenvalue weighted by molar-refractivity contribution is 5.60. The van der Waals surface area contributed by atoms with Crippen LogP contribution >= 0.6 is 0 Å². The Morgan fingerprint density at radius 3 is 2.86 bits per heavy atom. The monoisotopic (exact) mass is 185 g/mol. The summed E-state index contributed by atoms with van der Waals surface area (Å²) in [5.74, 6) is 0.548. The number of fused-ring (bicyclic) bond motifs is 1. The molecule has 14 heavy (non-hydrogen) atoms. The maximum Gasteiger partial charge on any atom is 0.0519 e. The summed E-state index contributed by atoms with van der Waals surface area (Å²) in [6.45, 7) is 8.32. The van der Waals surface area contributed by atoms with E-state index in [-0.39, 0.29) is 0 Å². The fraction of sp³-hybridized carbons (Fsp3) is 0.308. The summed E-state index contributed by atoms with van der Waals surface area (Å²) in [6.07, 6.45) is 7.06. The van der Waals surface area contributed by atoms with Gasteiger partial charge >= 0.3 is 0 Å². The molecule has 72 valence electrons. The molecule has 0 unspecified atom stereocenters. The van der Waals surface area contributed by atoms with Gasteiger partial charge in [0.15, 0.2) is 0 Å². The van der Waals surface area contributed by atoms with Crippen molar-refractivity contribution in [3.63, 3.8) is 0 Å². The fourth-order valence-electron chi connectivity index (χ4n) is 1.62. The smallest absolute Gasteiger partial charge is 0.0519 e. The number of rotatable bonds is 1. The van der Waals surface area contributed by atoms with Crippen LogP contribution in [0.3, 0.4) is 0 Å². The zero-order chi connectivity index (χ0) is 10.1. The van der Waals surface area contributed by atoms with Gasteiger partial charge in [0, 0.05) is 12.6 Å². The Morgan fingerprint density at radius 1 is 1.36 bits per heavy atom. The average Bonchev–Trinajstić information content (AvgIpc) is 2.16. The van der Waals surface area contributed by atoms with Crippen LogP contribution in [0, 0.1) is 0 Å². The Balaban J connectivity index is 2.44. The Kier molecular flexibility index (Phi) is 2.24. The molecular formula is C13H15N. The Labute approximate surface area is 85.2 Å². The summed E-state index contributed by atoms with van der Waals surface area (Å²) in [7, 11) is 0. The van der Waals surface area contributed by atoms with Crippen LogP contribution in [-0.4, -0.2) is 4.98 Å². The third-order valence-corrected chi connectivity index (χ3v) is 2.58. The van der Waals surface area contributed by atoms with E-state index in [0.29, 0.717) is 5.92 Å². The lowest BCUT2D eigenvalue weighted by molar-refractivity contribution is 0.851. The van der Waals surface area contributed by atoms with Crippen LogP contribution in [0.2, 0.25) is 0 Å². The predicted octanol–water partition coefficient (Wildman–Crippen LogP) is 3.33. The van der Waals surface area contributed by atoms with Crippen molar-refractivity contribution in [1.82, 2.24) is 4.98 Å². The van der Waals surface area contributed by atoms with Gasteiger partial charge in [-0.15, -0.1) is 0 Å². The highest BCUT2D eigenvalue weighted by atomic mass is 14.7. The number of hydrogen-bond donors (Lipinski definition) is 0. The molecular weight excluding hydrogens is 170 g/mol. The van der Waals surface area contributed by atoms with Crippen molar-refractivity contribution in [2.24, 2.45) is 0 Å². The molecule has 0 spiro atoms.